The summed E-state index contributed by atoms with van der Waals surface area (Å²) in [7, 11) is 4.74. The van der Waals surface area contributed by atoms with Crippen molar-refractivity contribution in [2.75, 3.05) is 32.8 Å². The fourth-order valence-electron chi connectivity index (χ4n) is 2.22. The third-order valence-electron chi connectivity index (χ3n) is 3.42. The second-order valence-corrected chi connectivity index (χ2v) is 4.92. The molecule has 4 N–H and O–H groups in total. The summed E-state index contributed by atoms with van der Waals surface area (Å²) in [6.45, 7) is 1.77. The fourth-order valence-corrected chi connectivity index (χ4v) is 2.22. The maximum Gasteiger partial charge on any atom is 0.222 e. The Morgan fingerprint density at radius 2 is 1.83 bits per heavy atom. The number of rotatable bonds is 4. The highest BCUT2D eigenvalue weighted by molar-refractivity contribution is 5.56. The highest BCUT2D eigenvalue weighted by Gasteiger charge is 2.15. The van der Waals surface area contributed by atoms with E-state index in [4.69, 9.17) is 25.7 Å². The van der Waals surface area contributed by atoms with E-state index in [0.29, 0.717) is 22.8 Å². The molecule has 0 saturated carbocycles. The van der Waals surface area contributed by atoms with E-state index >= 15 is 0 Å². The Morgan fingerprint density at radius 1 is 1.08 bits per heavy atom. The summed E-state index contributed by atoms with van der Waals surface area (Å²) in [5.41, 5.74) is 13.3. The molecule has 0 bridgehead atoms. The van der Waals surface area contributed by atoms with E-state index < -0.39 is 6.10 Å². The van der Waals surface area contributed by atoms with Crippen LogP contribution in [0.1, 0.15) is 22.9 Å². The predicted octanol–water partition coefficient (Wildman–Crippen LogP) is 1.71. The number of hydrogen-bond acceptors (Lipinski definition) is 7. The summed E-state index contributed by atoms with van der Waals surface area (Å²) in [4.78, 5) is 8.00. The number of nitrogens with zero attached hydrogens (tertiary/aromatic N) is 2. The van der Waals surface area contributed by atoms with Gasteiger partial charge in [0.15, 0.2) is 0 Å². The van der Waals surface area contributed by atoms with Crippen LogP contribution in [0.2, 0.25) is 0 Å². The van der Waals surface area contributed by atoms with Crippen LogP contribution in [0.15, 0.2) is 18.2 Å². The average Bonchev–Trinajstić information content (AvgIpc) is 2.56. The molecule has 0 saturated heterocycles. The van der Waals surface area contributed by atoms with E-state index in [9.17, 15) is 0 Å². The largest absolute Gasteiger partial charge is 0.497 e. The molecule has 1 aromatic carbocycles. The zero-order valence-corrected chi connectivity index (χ0v) is 14.1. The standard InChI is InChI=1S/C17H20N4O3/c1-10-12(16(18)21-17(19)20-10)6-8-15(24-4)13-9-11(22-2)5-7-14(13)23-3/h5,7,9,15H,1-4H3,(H4,18,19,20,21)/t15-/m1/s1. The number of ether oxygens (including phenoxy) is 3. The Balaban J connectivity index is 2.45. The van der Waals surface area contributed by atoms with Crippen LogP contribution >= 0.6 is 0 Å². The SMILES string of the molecule is COc1ccc(OC)c([C@@H](C#Cc2c(C)nc(N)nc2N)OC)c1. The van der Waals surface area contributed by atoms with Gasteiger partial charge in [-0.05, 0) is 25.1 Å². The highest BCUT2D eigenvalue weighted by Crippen LogP contribution is 2.31. The summed E-state index contributed by atoms with van der Waals surface area (Å²) in [5, 5.41) is 0. The van der Waals surface area contributed by atoms with Gasteiger partial charge in [0.1, 0.15) is 23.4 Å². The quantitative estimate of drug-likeness (QED) is 0.823. The smallest absolute Gasteiger partial charge is 0.222 e. The van der Waals surface area contributed by atoms with Gasteiger partial charge in [0.05, 0.1) is 25.5 Å². The Morgan fingerprint density at radius 3 is 2.42 bits per heavy atom. The minimum Gasteiger partial charge on any atom is -0.497 e. The molecule has 0 unspecified atom stereocenters. The molecule has 7 nitrogen and oxygen atoms in total. The molecular weight excluding hydrogens is 308 g/mol. The summed E-state index contributed by atoms with van der Waals surface area (Å²) in [6, 6.07) is 5.42. The van der Waals surface area contributed by atoms with Gasteiger partial charge >= 0.3 is 0 Å². The van der Waals surface area contributed by atoms with Gasteiger partial charge in [-0.3, -0.25) is 0 Å². The van der Waals surface area contributed by atoms with E-state index in [0.717, 1.165) is 5.56 Å². The van der Waals surface area contributed by atoms with Gasteiger partial charge in [0.25, 0.3) is 0 Å². The monoisotopic (exact) mass is 328 g/mol. The van der Waals surface area contributed by atoms with Crippen molar-refractivity contribution in [1.29, 1.82) is 0 Å². The first-order chi connectivity index (χ1) is 11.5. The van der Waals surface area contributed by atoms with Crippen molar-refractivity contribution >= 4 is 11.8 Å². The molecule has 0 aliphatic carbocycles. The first-order valence-corrected chi connectivity index (χ1v) is 7.16. The summed E-state index contributed by atoms with van der Waals surface area (Å²) < 4.78 is 16.1. The van der Waals surface area contributed by atoms with Crippen LogP contribution in [0, 0.1) is 18.8 Å². The van der Waals surface area contributed by atoms with Crippen molar-refractivity contribution in [2.24, 2.45) is 0 Å². The first kappa shape index (κ1) is 17.4. The van der Waals surface area contributed by atoms with Gasteiger partial charge in [-0.1, -0.05) is 11.8 Å². The second kappa shape index (κ2) is 7.53. The van der Waals surface area contributed by atoms with Gasteiger partial charge in [0, 0.05) is 12.7 Å². The number of aryl methyl sites for hydroxylation is 1. The molecule has 0 aliphatic rings. The number of nitrogens with two attached hydrogens (primary N) is 2. The molecular formula is C17H20N4O3. The Kier molecular flexibility index (Phi) is 5.45. The number of benzene rings is 1. The van der Waals surface area contributed by atoms with Crippen LogP contribution in [-0.2, 0) is 4.74 Å². The molecule has 0 aliphatic heterocycles. The number of methoxy groups -OCH3 is 3. The summed E-state index contributed by atoms with van der Waals surface area (Å²) in [5.74, 6) is 7.68. The number of aromatic nitrogens is 2. The van der Waals surface area contributed by atoms with Gasteiger partial charge < -0.3 is 25.7 Å². The first-order valence-electron chi connectivity index (χ1n) is 7.16. The minimum absolute atomic E-state index is 0.119. The van der Waals surface area contributed by atoms with E-state index in [1.54, 1.807) is 40.4 Å². The van der Waals surface area contributed by atoms with Crippen LogP contribution < -0.4 is 20.9 Å². The maximum absolute atomic E-state index is 5.87. The Hall–Kier alpha value is -2.98. The van der Waals surface area contributed by atoms with E-state index in [1.807, 2.05) is 6.07 Å². The Labute approximate surface area is 141 Å². The molecule has 0 amide bonds. The molecule has 1 atom stereocenters. The van der Waals surface area contributed by atoms with Gasteiger partial charge in [-0.2, -0.15) is 4.98 Å². The lowest BCUT2D eigenvalue weighted by Gasteiger charge is -2.15. The van der Waals surface area contributed by atoms with Crippen LogP contribution in [-0.4, -0.2) is 31.3 Å². The highest BCUT2D eigenvalue weighted by atomic mass is 16.5. The summed E-state index contributed by atoms with van der Waals surface area (Å²) >= 11 is 0. The fraction of sp³-hybridized carbons (Fsp3) is 0.294. The molecule has 7 heteroatoms. The lowest BCUT2D eigenvalue weighted by Crippen LogP contribution is -2.06. The summed E-state index contributed by atoms with van der Waals surface area (Å²) in [6.07, 6.45) is -0.536. The van der Waals surface area contributed by atoms with Crippen molar-refractivity contribution in [3.8, 4) is 23.3 Å². The van der Waals surface area contributed by atoms with Crippen molar-refractivity contribution in [2.45, 2.75) is 13.0 Å². The van der Waals surface area contributed by atoms with Crippen LogP contribution in [0.5, 0.6) is 11.5 Å². The van der Waals surface area contributed by atoms with Crippen molar-refractivity contribution in [1.82, 2.24) is 9.97 Å². The van der Waals surface area contributed by atoms with Gasteiger partial charge in [-0.25, -0.2) is 4.98 Å². The number of anilines is 2. The normalized spacial score (nSPS) is 11.3. The topological polar surface area (TPSA) is 106 Å². The molecule has 2 rings (SSSR count). The number of nitrogen functional groups attached to an aromatic ring is 2. The molecule has 2 aromatic rings. The third kappa shape index (κ3) is 3.67. The van der Waals surface area contributed by atoms with Gasteiger partial charge in [-0.15, -0.1) is 0 Å². The van der Waals surface area contributed by atoms with E-state index in [1.165, 1.54) is 0 Å². The molecule has 126 valence electrons. The zero-order valence-electron chi connectivity index (χ0n) is 14.1. The molecule has 0 radical (unpaired) electrons. The second-order valence-electron chi connectivity index (χ2n) is 4.92. The predicted molar refractivity (Wildman–Crippen MR) is 91.8 cm³/mol. The van der Waals surface area contributed by atoms with E-state index in [2.05, 4.69) is 21.8 Å². The van der Waals surface area contributed by atoms with Crippen molar-refractivity contribution in [3.63, 3.8) is 0 Å². The zero-order chi connectivity index (χ0) is 17.7. The molecule has 1 heterocycles. The Bertz CT molecular complexity index is 773. The third-order valence-corrected chi connectivity index (χ3v) is 3.42. The molecule has 0 fully saturated rings. The molecule has 0 spiro atoms. The minimum atomic E-state index is -0.536. The van der Waals surface area contributed by atoms with E-state index in [-0.39, 0.29) is 11.8 Å². The number of hydrogen-bond donors (Lipinski definition) is 2. The van der Waals surface area contributed by atoms with Crippen LogP contribution in [0.4, 0.5) is 11.8 Å². The van der Waals surface area contributed by atoms with Gasteiger partial charge in [0.2, 0.25) is 5.95 Å². The maximum atomic E-state index is 5.87. The van der Waals surface area contributed by atoms with Crippen molar-refractivity contribution < 1.29 is 14.2 Å². The lowest BCUT2D eigenvalue weighted by molar-refractivity contribution is 0.147. The average molecular weight is 328 g/mol. The van der Waals surface area contributed by atoms with Crippen molar-refractivity contribution in [3.05, 3.63) is 35.0 Å². The molecule has 24 heavy (non-hydrogen) atoms. The van der Waals surface area contributed by atoms with Crippen LogP contribution in [0.25, 0.3) is 0 Å². The molecule has 1 aromatic heterocycles. The van der Waals surface area contributed by atoms with Crippen LogP contribution in [0.3, 0.4) is 0 Å². The lowest BCUT2D eigenvalue weighted by atomic mass is 10.1.